The van der Waals surface area contributed by atoms with Gasteiger partial charge in [0.05, 0.1) is 12.2 Å². The zero-order chi connectivity index (χ0) is 16.2. The molecule has 23 heavy (non-hydrogen) atoms. The molecule has 1 atom stereocenters. The second kappa shape index (κ2) is 6.87. The Morgan fingerprint density at radius 2 is 2.39 bits per heavy atom. The van der Waals surface area contributed by atoms with Crippen molar-refractivity contribution >= 4 is 6.03 Å². The first kappa shape index (κ1) is 15.6. The number of amides is 2. The molecule has 1 N–H and O–H groups in total. The van der Waals surface area contributed by atoms with Crippen LogP contribution in [0, 0.1) is 0 Å². The molecule has 2 aromatic heterocycles. The summed E-state index contributed by atoms with van der Waals surface area (Å²) in [4.78, 5) is 14.3. The standard InChI is InChI=1S/C16H22N4O3/c1-19-10-12(9-18-19)8-17-16(21)20-7-3-4-14(20)15-6-5-13(23-15)11-22-2/h5-6,9-10,14H,3-4,7-8,11H2,1-2H3,(H,17,21). The van der Waals surface area contributed by atoms with Crippen molar-refractivity contribution in [3.8, 4) is 0 Å². The molecule has 1 fully saturated rings. The van der Waals surface area contributed by atoms with Crippen molar-refractivity contribution in [2.45, 2.75) is 32.0 Å². The Hall–Kier alpha value is -2.28. The highest BCUT2D eigenvalue weighted by Gasteiger charge is 2.32. The molecule has 0 bridgehead atoms. The molecule has 0 aliphatic carbocycles. The second-order valence-electron chi connectivity index (χ2n) is 5.77. The number of rotatable bonds is 5. The average molecular weight is 318 g/mol. The monoisotopic (exact) mass is 318 g/mol. The van der Waals surface area contributed by atoms with Gasteiger partial charge < -0.3 is 19.4 Å². The van der Waals surface area contributed by atoms with E-state index in [9.17, 15) is 4.79 Å². The Balaban J connectivity index is 1.62. The minimum absolute atomic E-state index is 0.00509. The lowest BCUT2D eigenvalue weighted by Gasteiger charge is -2.23. The van der Waals surface area contributed by atoms with E-state index in [0.717, 1.165) is 36.5 Å². The van der Waals surface area contributed by atoms with Crippen LogP contribution in [0.1, 0.15) is 36.0 Å². The Bertz CT molecular complexity index is 664. The highest BCUT2D eigenvalue weighted by Crippen LogP contribution is 2.33. The first-order valence-corrected chi connectivity index (χ1v) is 7.77. The highest BCUT2D eigenvalue weighted by atomic mass is 16.5. The molecule has 7 heteroatoms. The summed E-state index contributed by atoms with van der Waals surface area (Å²) in [5.74, 6) is 1.61. The van der Waals surface area contributed by atoms with E-state index in [2.05, 4.69) is 10.4 Å². The van der Waals surface area contributed by atoms with Gasteiger partial charge >= 0.3 is 6.03 Å². The van der Waals surface area contributed by atoms with Crippen molar-refractivity contribution in [2.24, 2.45) is 7.05 Å². The number of carbonyl (C=O) groups excluding carboxylic acids is 1. The summed E-state index contributed by atoms with van der Waals surface area (Å²) in [6.45, 7) is 1.66. The van der Waals surface area contributed by atoms with Gasteiger partial charge in [0.25, 0.3) is 0 Å². The maximum atomic E-state index is 12.5. The molecular weight excluding hydrogens is 296 g/mol. The molecule has 1 aliphatic rings. The lowest BCUT2D eigenvalue weighted by Crippen LogP contribution is -2.39. The molecule has 2 aromatic rings. The fraction of sp³-hybridized carbons (Fsp3) is 0.500. The minimum atomic E-state index is -0.0685. The Morgan fingerprint density at radius 1 is 1.52 bits per heavy atom. The van der Waals surface area contributed by atoms with Crippen molar-refractivity contribution in [1.82, 2.24) is 20.0 Å². The fourth-order valence-electron chi connectivity index (χ4n) is 2.94. The van der Waals surface area contributed by atoms with Gasteiger partial charge in [-0.25, -0.2) is 4.79 Å². The third-order valence-corrected chi connectivity index (χ3v) is 4.01. The van der Waals surface area contributed by atoms with Crippen LogP contribution >= 0.6 is 0 Å². The number of aromatic nitrogens is 2. The zero-order valence-electron chi connectivity index (χ0n) is 13.5. The summed E-state index contributed by atoms with van der Waals surface area (Å²) < 4.78 is 12.6. The first-order chi connectivity index (χ1) is 11.2. The molecule has 0 radical (unpaired) electrons. The number of urea groups is 1. The Labute approximate surface area is 135 Å². The number of likely N-dealkylation sites (tertiary alicyclic amines) is 1. The van der Waals surface area contributed by atoms with Crippen LogP contribution in [0.3, 0.4) is 0 Å². The molecular formula is C16H22N4O3. The van der Waals surface area contributed by atoms with Gasteiger partial charge in [0, 0.05) is 39.0 Å². The Morgan fingerprint density at radius 3 is 3.13 bits per heavy atom. The lowest BCUT2D eigenvalue weighted by molar-refractivity contribution is 0.156. The number of hydrogen-bond acceptors (Lipinski definition) is 4. The molecule has 0 saturated carbocycles. The van der Waals surface area contributed by atoms with Crippen LogP contribution in [0.4, 0.5) is 4.79 Å². The topological polar surface area (TPSA) is 72.5 Å². The normalized spacial score (nSPS) is 17.7. The van der Waals surface area contributed by atoms with E-state index in [1.807, 2.05) is 30.3 Å². The molecule has 3 rings (SSSR count). The summed E-state index contributed by atoms with van der Waals surface area (Å²) in [5.41, 5.74) is 0.983. The van der Waals surface area contributed by atoms with E-state index >= 15 is 0 Å². The maximum absolute atomic E-state index is 12.5. The van der Waals surface area contributed by atoms with Crippen LogP contribution in [0.2, 0.25) is 0 Å². The van der Waals surface area contributed by atoms with E-state index < -0.39 is 0 Å². The molecule has 0 spiro atoms. The van der Waals surface area contributed by atoms with Crippen molar-refractivity contribution in [2.75, 3.05) is 13.7 Å². The third kappa shape index (κ3) is 3.56. The molecule has 1 unspecified atom stereocenters. The van der Waals surface area contributed by atoms with E-state index in [0.29, 0.717) is 13.2 Å². The van der Waals surface area contributed by atoms with Gasteiger partial charge in [0.1, 0.15) is 18.1 Å². The van der Waals surface area contributed by atoms with Crippen LogP contribution in [0.25, 0.3) is 0 Å². The molecule has 1 aliphatic heterocycles. The smallest absolute Gasteiger partial charge is 0.318 e. The van der Waals surface area contributed by atoms with Crippen molar-refractivity contribution in [3.05, 3.63) is 41.6 Å². The molecule has 3 heterocycles. The minimum Gasteiger partial charge on any atom is -0.461 e. The van der Waals surface area contributed by atoms with Crippen molar-refractivity contribution in [3.63, 3.8) is 0 Å². The van der Waals surface area contributed by atoms with Gasteiger partial charge in [-0.2, -0.15) is 5.10 Å². The SMILES string of the molecule is COCc1ccc(C2CCCN2C(=O)NCc2cnn(C)c2)o1. The number of furan rings is 1. The first-order valence-electron chi connectivity index (χ1n) is 7.77. The van der Waals surface area contributed by atoms with E-state index in [1.54, 1.807) is 18.0 Å². The quantitative estimate of drug-likeness (QED) is 0.917. The number of aryl methyl sites for hydroxylation is 1. The number of hydrogen-bond donors (Lipinski definition) is 1. The summed E-state index contributed by atoms with van der Waals surface area (Å²) in [5, 5.41) is 7.05. The molecule has 1 saturated heterocycles. The zero-order valence-corrected chi connectivity index (χ0v) is 13.5. The van der Waals surface area contributed by atoms with Gasteiger partial charge in [-0.1, -0.05) is 0 Å². The van der Waals surface area contributed by atoms with Gasteiger partial charge in [-0.3, -0.25) is 4.68 Å². The van der Waals surface area contributed by atoms with Gasteiger partial charge in [0.15, 0.2) is 0 Å². The largest absolute Gasteiger partial charge is 0.461 e. The lowest BCUT2D eigenvalue weighted by atomic mass is 10.2. The van der Waals surface area contributed by atoms with E-state index in [4.69, 9.17) is 9.15 Å². The molecule has 2 amide bonds. The summed E-state index contributed by atoms with van der Waals surface area (Å²) in [7, 11) is 3.49. The Kier molecular flexibility index (Phi) is 4.66. The van der Waals surface area contributed by atoms with Gasteiger partial charge in [0.2, 0.25) is 0 Å². The number of methoxy groups -OCH3 is 1. The van der Waals surface area contributed by atoms with Gasteiger partial charge in [-0.05, 0) is 25.0 Å². The van der Waals surface area contributed by atoms with Crippen molar-refractivity contribution < 1.29 is 13.9 Å². The van der Waals surface area contributed by atoms with Crippen LogP contribution in [0.5, 0.6) is 0 Å². The molecule has 7 nitrogen and oxygen atoms in total. The van der Waals surface area contributed by atoms with Crippen LogP contribution in [-0.2, 0) is 24.9 Å². The highest BCUT2D eigenvalue weighted by molar-refractivity contribution is 5.75. The summed E-state index contributed by atoms with van der Waals surface area (Å²) in [6, 6.07) is 3.77. The summed E-state index contributed by atoms with van der Waals surface area (Å²) >= 11 is 0. The number of nitrogens with one attached hydrogen (secondary N) is 1. The van der Waals surface area contributed by atoms with E-state index in [-0.39, 0.29) is 12.1 Å². The average Bonchev–Trinajstić information content (AvgIpc) is 3.24. The van der Waals surface area contributed by atoms with Crippen LogP contribution in [-0.4, -0.2) is 34.4 Å². The van der Waals surface area contributed by atoms with Crippen LogP contribution in [0.15, 0.2) is 28.9 Å². The van der Waals surface area contributed by atoms with Crippen LogP contribution < -0.4 is 5.32 Å². The number of carbonyl (C=O) groups is 1. The summed E-state index contributed by atoms with van der Waals surface area (Å²) in [6.07, 6.45) is 5.54. The fourth-order valence-corrected chi connectivity index (χ4v) is 2.94. The van der Waals surface area contributed by atoms with Gasteiger partial charge in [-0.15, -0.1) is 0 Å². The van der Waals surface area contributed by atoms with Crippen molar-refractivity contribution in [1.29, 1.82) is 0 Å². The number of nitrogens with zero attached hydrogens (tertiary/aromatic N) is 3. The van der Waals surface area contributed by atoms with E-state index in [1.165, 1.54) is 0 Å². The molecule has 124 valence electrons. The second-order valence-corrected chi connectivity index (χ2v) is 5.77. The predicted octanol–water partition coefficient (Wildman–Crippen LogP) is 2.21. The molecule has 0 aromatic carbocycles. The third-order valence-electron chi connectivity index (χ3n) is 4.01. The maximum Gasteiger partial charge on any atom is 0.318 e. The number of ether oxygens (including phenoxy) is 1. The predicted molar refractivity (Wildman–Crippen MR) is 83.5 cm³/mol.